The van der Waals surface area contributed by atoms with E-state index in [9.17, 15) is 4.79 Å². The third kappa shape index (κ3) is 0.876. The Balaban J connectivity index is 0.000000605. The maximum Gasteiger partial charge on any atom is 0.226 e. The Hall–Kier alpha value is -0.280. The van der Waals surface area contributed by atoms with E-state index in [2.05, 4.69) is 5.32 Å². The van der Waals surface area contributed by atoms with Crippen LogP contribution in [0.1, 0.15) is 19.3 Å². The van der Waals surface area contributed by atoms with E-state index in [1.165, 1.54) is 0 Å². The minimum Gasteiger partial charge on any atom is -0.359 e. The van der Waals surface area contributed by atoms with Crippen LogP contribution in [0.4, 0.5) is 0 Å². The summed E-state index contributed by atoms with van der Waals surface area (Å²) in [5.41, 5.74) is 5.80. The number of halogens is 1. The summed E-state index contributed by atoms with van der Waals surface area (Å²) in [5, 5.41) is 2.67. The lowest BCUT2D eigenvalue weighted by atomic mass is 9.39. The number of nitrogens with one attached hydrogen (secondary N) is 1. The molecule has 0 heterocycles. The van der Waals surface area contributed by atoms with Gasteiger partial charge in [0.1, 0.15) is 0 Å². The molecular formula is C7H13ClN2O. The van der Waals surface area contributed by atoms with Gasteiger partial charge in [-0.05, 0) is 19.3 Å². The van der Waals surface area contributed by atoms with Crippen LogP contribution in [0.5, 0.6) is 0 Å². The van der Waals surface area contributed by atoms with Crippen LogP contribution in [0.3, 0.4) is 0 Å². The first kappa shape index (κ1) is 8.81. The average Bonchev–Trinajstić information content (AvgIpc) is 1.77. The van der Waals surface area contributed by atoms with Gasteiger partial charge in [-0.25, -0.2) is 0 Å². The highest BCUT2D eigenvalue weighted by Gasteiger charge is 2.69. The molecule has 1 amide bonds. The second kappa shape index (κ2) is 2.11. The number of carbonyl (C=O) groups is 1. The fraction of sp³-hybridized carbons (Fsp3) is 0.857. The molecule has 3 aliphatic rings. The van der Waals surface area contributed by atoms with Gasteiger partial charge < -0.3 is 11.1 Å². The van der Waals surface area contributed by atoms with E-state index in [0.29, 0.717) is 0 Å². The monoisotopic (exact) mass is 176 g/mol. The van der Waals surface area contributed by atoms with Crippen molar-refractivity contribution in [2.45, 2.75) is 24.8 Å². The number of nitrogens with two attached hydrogens (primary N) is 1. The Morgan fingerprint density at radius 2 is 1.91 bits per heavy atom. The lowest BCUT2D eigenvalue weighted by Gasteiger charge is -2.67. The standard InChI is InChI=1S/C7H12N2O.ClH/c1-9-5(10)6-2-7(8,3-6)4-6;/h2-4,8H2,1H3,(H,9,10);1H. The van der Waals surface area contributed by atoms with Crippen molar-refractivity contribution in [2.24, 2.45) is 11.1 Å². The molecule has 0 aromatic carbocycles. The van der Waals surface area contributed by atoms with Gasteiger partial charge in [0, 0.05) is 12.6 Å². The van der Waals surface area contributed by atoms with Crippen LogP contribution in [0.25, 0.3) is 0 Å². The van der Waals surface area contributed by atoms with Crippen LogP contribution in [-0.4, -0.2) is 18.5 Å². The topological polar surface area (TPSA) is 55.1 Å². The van der Waals surface area contributed by atoms with Crippen molar-refractivity contribution >= 4 is 18.3 Å². The Morgan fingerprint density at radius 1 is 1.45 bits per heavy atom. The van der Waals surface area contributed by atoms with E-state index in [-0.39, 0.29) is 29.3 Å². The van der Waals surface area contributed by atoms with E-state index in [1.54, 1.807) is 7.05 Å². The van der Waals surface area contributed by atoms with Crippen LogP contribution < -0.4 is 11.1 Å². The molecule has 64 valence electrons. The number of rotatable bonds is 1. The van der Waals surface area contributed by atoms with Crippen molar-refractivity contribution in [3.8, 4) is 0 Å². The fourth-order valence-corrected chi connectivity index (χ4v) is 2.37. The number of carbonyl (C=O) groups excluding carboxylic acids is 1. The van der Waals surface area contributed by atoms with Crippen molar-refractivity contribution in [1.29, 1.82) is 0 Å². The average molecular weight is 177 g/mol. The maximum atomic E-state index is 11.1. The Kier molecular flexibility index (Phi) is 1.69. The summed E-state index contributed by atoms with van der Waals surface area (Å²) < 4.78 is 0. The lowest BCUT2D eigenvalue weighted by molar-refractivity contribution is -0.171. The largest absolute Gasteiger partial charge is 0.359 e. The highest BCUT2D eigenvalue weighted by Crippen LogP contribution is 2.65. The van der Waals surface area contributed by atoms with E-state index in [0.717, 1.165) is 19.3 Å². The van der Waals surface area contributed by atoms with Crippen molar-refractivity contribution < 1.29 is 4.79 Å². The summed E-state index contributed by atoms with van der Waals surface area (Å²) in [4.78, 5) is 11.1. The third-order valence-electron chi connectivity index (χ3n) is 2.78. The summed E-state index contributed by atoms with van der Waals surface area (Å²) in [7, 11) is 1.69. The van der Waals surface area contributed by atoms with Gasteiger partial charge in [0.25, 0.3) is 0 Å². The molecule has 3 fully saturated rings. The predicted molar refractivity (Wildman–Crippen MR) is 44.5 cm³/mol. The van der Waals surface area contributed by atoms with Crippen molar-refractivity contribution in [3.05, 3.63) is 0 Å². The Bertz CT molecular complexity index is 185. The zero-order valence-electron chi connectivity index (χ0n) is 6.52. The highest BCUT2D eigenvalue weighted by molar-refractivity contribution is 5.86. The molecule has 0 atom stereocenters. The van der Waals surface area contributed by atoms with Crippen LogP contribution in [0, 0.1) is 5.41 Å². The summed E-state index contributed by atoms with van der Waals surface area (Å²) in [6.07, 6.45) is 2.71. The molecule has 4 heteroatoms. The summed E-state index contributed by atoms with van der Waals surface area (Å²) in [5.74, 6) is 0.180. The molecule has 3 rings (SSSR count). The first-order chi connectivity index (χ1) is 4.60. The molecule has 0 aromatic rings. The minimum absolute atomic E-state index is 0. The number of amides is 1. The molecule has 0 saturated heterocycles. The zero-order chi connectivity index (χ0) is 7.41. The molecule has 3 nitrogen and oxygen atoms in total. The van der Waals surface area contributed by atoms with Crippen LogP contribution in [0.2, 0.25) is 0 Å². The van der Waals surface area contributed by atoms with Crippen molar-refractivity contribution in [1.82, 2.24) is 5.32 Å². The minimum atomic E-state index is -0.0382. The molecule has 3 N–H and O–H groups in total. The molecule has 3 saturated carbocycles. The highest BCUT2D eigenvalue weighted by atomic mass is 35.5. The van der Waals surface area contributed by atoms with Crippen LogP contribution >= 0.6 is 12.4 Å². The molecule has 0 aromatic heterocycles. The first-order valence-corrected chi connectivity index (χ1v) is 3.61. The summed E-state index contributed by atoms with van der Waals surface area (Å²) >= 11 is 0. The first-order valence-electron chi connectivity index (χ1n) is 3.61. The van der Waals surface area contributed by atoms with Gasteiger partial charge in [-0.15, -0.1) is 12.4 Å². The molecule has 2 bridgehead atoms. The van der Waals surface area contributed by atoms with Crippen LogP contribution in [-0.2, 0) is 4.79 Å². The number of hydrogen-bond acceptors (Lipinski definition) is 2. The Morgan fingerprint density at radius 3 is 2.18 bits per heavy atom. The molecule has 0 radical (unpaired) electrons. The Labute approximate surface area is 72.1 Å². The normalized spacial score (nSPS) is 44.5. The van der Waals surface area contributed by atoms with Gasteiger partial charge in [0.05, 0.1) is 5.41 Å². The van der Waals surface area contributed by atoms with Crippen LogP contribution in [0.15, 0.2) is 0 Å². The van der Waals surface area contributed by atoms with Gasteiger partial charge in [-0.3, -0.25) is 4.79 Å². The lowest BCUT2D eigenvalue weighted by Crippen LogP contribution is -2.76. The van der Waals surface area contributed by atoms with Gasteiger partial charge in [-0.2, -0.15) is 0 Å². The molecule has 11 heavy (non-hydrogen) atoms. The zero-order valence-corrected chi connectivity index (χ0v) is 7.33. The molecule has 0 unspecified atom stereocenters. The van der Waals surface area contributed by atoms with Gasteiger partial charge in [-0.1, -0.05) is 0 Å². The molecule has 0 aliphatic heterocycles. The van der Waals surface area contributed by atoms with Gasteiger partial charge in [0.2, 0.25) is 5.91 Å². The second-order valence-electron chi connectivity index (χ2n) is 3.75. The molecule has 0 spiro atoms. The van der Waals surface area contributed by atoms with E-state index >= 15 is 0 Å². The number of hydrogen-bond donors (Lipinski definition) is 2. The SMILES string of the molecule is CNC(=O)C12CC(N)(C1)C2.Cl. The van der Waals surface area contributed by atoms with Crippen molar-refractivity contribution in [3.63, 3.8) is 0 Å². The van der Waals surface area contributed by atoms with Gasteiger partial charge >= 0.3 is 0 Å². The second-order valence-corrected chi connectivity index (χ2v) is 3.75. The summed E-state index contributed by atoms with van der Waals surface area (Å²) in [6.45, 7) is 0. The molecule has 3 aliphatic carbocycles. The van der Waals surface area contributed by atoms with E-state index in [4.69, 9.17) is 5.73 Å². The fourth-order valence-electron chi connectivity index (χ4n) is 2.37. The van der Waals surface area contributed by atoms with Gasteiger partial charge in [0.15, 0.2) is 0 Å². The van der Waals surface area contributed by atoms with E-state index < -0.39 is 0 Å². The van der Waals surface area contributed by atoms with Crippen molar-refractivity contribution in [2.75, 3.05) is 7.05 Å². The smallest absolute Gasteiger partial charge is 0.226 e. The third-order valence-corrected chi connectivity index (χ3v) is 2.78. The maximum absolute atomic E-state index is 11.1. The predicted octanol–water partition coefficient (Wildman–Crippen LogP) is 0.0356. The van der Waals surface area contributed by atoms with E-state index in [1.807, 2.05) is 0 Å². The quantitative estimate of drug-likeness (QED) is 0.593. The summed E-state index contributed by atoms with van der Waals surface area (Å²) in [6, 6.07) is 0. The molecular weight excluding hydrogens is 164 g/mol.